The van der Waals surface area contributed by atoms with Crippen LogP contribution in [-0.4, -0.2) is 0 Å². The fourth-order valence-electron chi connectivity index (χ4n) is 6.45. The van der Waals surface area contributed by atoms with E-state index < -0.39 is 11.6 Å². The Hall–Kier alpha value is -1.77. The van der Waals surface area contributed by atoms with Crippen molar-refractivity contribution in [2.24, 2.45) is 17.8 Å². The number of allylic oxidation sites excluding steroid dienone is 6. The van der Waals surface area contributed by atoms with E-state index in [0.717, 1.165) is 75.7 Å². The summed E-state index contributed by atoms with van der Waals surface area (Å²) in [6.07, 6.45) is 20.0. The van der Waals surface area contributed by atoms with Gasteiger partial charge in [-0.05, 0) is 111 Å². The quantitative estimate of drug-likeness (QED) is 0.372. The normalized spacial score (nSPS) is 30.3. The van der Waals surface area contributed by atoms with E-state index in [1.165, 1.54) is 12.8 Å². The predicted octanol–water partition coefficient (Wildman–Crippen LogP) is 10.1. The van der Waals surface area contributed by atoms with Gasteiger partial charge in [0.1, 0.15) is 5.83 Å². The van der Waals surface area contributed by atoms with Gasteiger partial charge in [-0.25, -0.2) is 13.2 Å². The maximum absolute atomic E-state index is 15.1. The average Bonchev–Trinajstić information content (AvgIpc) is 2.86. The number of rotatable bonds is 7. The van der Waals surface area contributed by atoms with Crippen LogP contribution in [-0.2, 0) is 0 Å². The van der Waals surface area contributed by atoms with Crippen LogP contribution in [0.2, 0.25) is 0 Å². The van der Waals surface area contributed by atoms with E-state index in [-0.39, 0.29) is 23.6 Å². The van der Waals surface area contributed by atoms with E-state index >= 15 is 8.78 Å². The molecule has 0 saturated heterocycles. The van der Waals surface area contributed by atoms with E-state index in [0.29, 0.717) is 17.0 Å². The molecule has 0 aromatic heterocycles. The summed E-state index contributed by atoms with van der Waals surface area (Å²) in [5.74, 6) is 0.253. The fraction of sp³-hybridized carbons (Fsp3) is 0.613. The van der Waals surface area contributed by atoms with Crippen LogP contribution in [0.4, 0.5) is 13.2 Å². The van der Waals surface area contributed by atoms with Crippen molar-refractivity contribution in [1.29, 1.82) is 0 Å². The Morgan fingerprint density at radius 1 is 0.824 bits per heavy atom. The SMILES string of the molecule is CCCC1CCC(c2ccc(C3CCC(/C=C/C4=CC[C@H](CC)C(F)=C4)CC3)c(F)c2F)CC1. The summed E-state index contributed by atoms with van der Waals surface area (Å²) in [4.78, 5) is 0. The molecule has 0 N–H and O–H groups in total. The second kappa shape index (κ2) is 11.8. The zero-order valence-electron chi connectivity index (χ0n) is 21.0. The molecule has 1 aromatic carbocycles. The lowest BCUT2D eigenvalue weighted by Crippen LogP contribution is -2.17. The second-order valence-corrected chi connectivity index (χ2v) is 10.9. The smallest absolute Gasteiger partial charge is 0.162 e. The van der Waals surface area contributed by atoms with Crippen molar-refractivity contribution in [1.82, 2.24) is 0 Å². The minimum atomic E-state index is -0.606. The molecule has 0 nitrogen and oxygen atoms in total. The Morgan fingerprint density at radius 3 is 1.94 bits per heavy atom. The predicted molar refractivity (Wildman–Crippen MR) is 135 cm³/mol. The summed E-state index contributed by atoms with van der Waals surface area (Å²) < 4.78 is 44.3. The van der Waals surface area contributed by atoms with Crippen LogP contribution in [0, 0.1) is 29.4 Å². The molecule has 2 saturated carbocycles. The molecule has 1 aromatic rings. The molecule has 0 amide bonds. The summed E-state index contributed by atoms with van der Waals surface area (Å²) in [5.41, 5.74) is 2.12. The Balaban J connectivity index is 1.33. The van der Waals surface area contributed by atoms with E-state index in [9.17, 15) is 4.39 Å². The van der Waals surface area contributed by atoms with Gasteiger partial charge < -0.3 is 0 Å². The van der Waals surface area contributed by atoms with Crippen LogP contribution in [0.5, 0.6) is 0 Å². The van der Waals surface area contributed by atoms with Crippen molar-refractivity contribution in [2.75, 3.05) is 0 Å². The molecule has 186 valence electrons. The van der Waals surface area contributed by atoms with E-state index in [1.807, 2.05) is 25.1 Å². The third kappa shape index (κ3) is 5.89. The van der Waals surface area contributed by atoms with Crippen LogP contribution in [0.25, 0.3) is 0 Å². The van der Waals surface area contributed by atoms with Crippen molar-refractivity contribution >= 4 is 0 Å². The van der Waals surface area contributed by atoms with Crippen LogP contribution in [0.1, 0.15) is 114 Å². The molecule has 0 bridgehead atoms. The Kier molecular flexibility index (Phi) is 8.77. The molecule has 0 aliphatic heterocycles. The first-order valence-corrected chi connectivity index (χ1v) is 13.7. The van der Waals surface area contributed by atoms with Crippen LogP contribution in [0.3, 0.4) is 0 Å². The van der Waals surface area contributed by atoms with Crippen molar-refractivity contribution in [3.05, 3.63) is 70.6 Å². The van der Waals surface area contributed by atoms with E-state index in [4.69, 9.17) is 0 Å². The molecule has 2 fully saturated rings. The Bertz CT molecular complexity index is 909. The third-order valence-corrected chi connectivity index (χ3v) is 8.72. The summed E-state index contributed by atoms with van der Waals surface area (Å²) in [6.45, 7) is 4.24. The highest BCUT2D eigenvalue weighted by atomic mass is 19.2. The molecule has 3 aliphatic rings. The molecule has 3 heteroatoms. The fourth-order valence-corrected chi connectivity index (χ4v) is 6.45. The maximum atomic E-state index is 15.1. The van der Waals surface area contributed by atoms with E-state index in [2.05, 4.69) is 19.1 Å². The Labute approximate surface area is 204 Å². The third-order valence-electron chi connectivity index (χ3n) is 8.72. The van der Waals surface area contributed by atoms with Gasteiger partial charge in [-0.3, -0.25) is 0 Å². The minimum absolute atomic E-state index is 0.0108. The van der Waals surface area contributed by atoms with Gasteiger partial charge in [0.15, 0.2) is 11.6 Å². The summed E-state index contributed by atoms with van der Waals surface area (Å²) in [5, 5.41) is 0. The van der Waals surface area contributed by atoms with Crippen molar-refractivity contribution in [2.45, 2.75) is 103 Å². The van der Waals surface area contributed by atoms with Gasteiger partial charge >= 0.3 is 0 Å². The van der Waals surface area contributed by atoms with Gasteiger partial charge in [-0.2, -0.15) is 0 Å². The highest BCUT2D eigenvalue weighted by Crippen LogP contribution is 2.42. The highest BCUT2D eigenvalue weighted by Gasteiger charge is 2.29. The first kappa shape index (κ1) is 25.3. The lowest BCUT2D eigenvalue weighted by Gasteiger charge is -2.30. The monoisotopic (exact) mass is 470 g/mol. The average molecular weight is 471 g/mol. The topological polar surface area (TPSA) is 0 Å². The van der Waals surface area contributed by atoms with E-state index in [1.54, 1.807) is 6.08 Å². The standard InChI is InChI=1S/C31H41F3/c1-3-5-21-8-14-25(15-9-21)27-18-19-28(31(34)30(27)33)26-16-10-22(11-17-26)6-7-23-12-13-24(4-2)29(32)20-23/h6-7,12,18-22,24-26H,3-5,8-11,13-17H2,1-2H3/b7-6+/t21?,22?,24-,25?,26?/m0/s1. The van der Waals surface area contributed by atoms with Crippen molar-refractivity contribution in [3.63, 3.8) is 0 Å². The molecule has 0 radical (unpaired) electrons. The zero-order chi connectivity index (χ0) is 24.1. The molecule has 3 aliphatic carbocycles. The molecule has 0 heterocycles. The number of benzene rings is 1. The van der Waals surface area contributed by atoms with Crippen LogP contribution < -0.4 is 0 Å². The van der Waals surface area contributed by atoms with Crippen molar-refractivity contribution in [3.8, 4) is 0 Å². The molecule has 0 unspecified atom stereocenters. The lowest BCUT2D eigenvalue weighted by atomic mass is 9.75. The minimum Gasteiger partial charge on any atom is -0.211 e. The summed E-state index contributed by atoms with van der Waals surface area (Å²) in [7, 11) is 0. The van der Waals surface area contributed by atoms with Crippen LogP contribution >= 0.6 is 0 Å². The number of halogens is 3. The van der Waals surface area contributed by atoms with Gasteiger partial charge in [-0.1, -0.05) is 57.0 Å². The van der Waals surface area contributed by atoms with Crippen LogP contribution in [0.15, 0.2) is 47.8 Å². The molecular formula is C31H41F3. The number of hydrogen-bond donors (Lipinski definition) is 0. The van der Waals surface area contributed by atoms with Crippen molar-refractivity contribution < 1.29 is 13.2 Å². The zero-order valence-corrected chi connectivity index (χ0v) is 21.0. The Morgan fingerprint density at radius 2 is 1.41 bits per heavy atom. The first-order chi connectivity index (χ1) is 16.5. The maximum Gasteiger partial charge on any atom is 0.162 e. The van der Waals surface area contributed by atoms with Gasteiger partial charge in [0, 0.05) is 5.92 Å². The summed E-state index contributed by atoms with van der Waals surface area (Å²) >= 11 is 0. The van der Waals surface area contributed by atoms with Gasteiger partial charge in [0.05, 0.1) is 0 Å². The van der Waals surface area contributed by atoms with Gasteiger partial charge in [-0.15, -0.1) is 0 Å². The first-order valence-electron chi connectivity index (χ1n) is 13.7. The molecule has 0 spiro atoms. The highest BCUT2D eigenvalue weighted by molar-refractivity contribution is 5.36. The largest absolute Gasteiger partial charge is 0.211 e. The molecule has 34 heavy (non-hydrogen) atoms. The molecule has 1 atom stereocenters. The lowest BCUT2D eigenvalue weighted by molar-refractivity contribution is 0.302. The van der Waals surface area contributed by atoms with Gasteiger partial charge in [0.2, 0.25) is 0 Å². The second-order valence-electron chi connectivity index (χ2n) is 10.9. The molecular weight excluding hydrogens is 429 g/mol. The summed E-state index contributed by atoms with van der Waals surface area (Å²) in [6, 6.07) is 3.75. The number of hydrogen-bond acceptors (Lipinski definition) is 0. The molecule has 4 rings (SSSR count). The van der Waals surface area contributed by atoms with Gasteiger partial charge in [0.25, 0.3) is 0 Å².